The molecule has 5 rings (SSSR count). The second-order valence-corrected chi connectivity index (χ2v) is 11.6. The number of nitrogens with zero attached hydrogens (tertiary/aromatic N) is 2. The van der Waals surface area contributed by atoms with Gasteiger partial charge in [0.15, 0.2) is 11.5 Å². The Morgan fingerprint density at radius 3 is 2.43 bits per heavy atom. The minimum atomic E-state index is -3.49. The van der Waals surface area contributed by atoms with Crippen LogP contribution in [-0.2, 0) is 9.84 Å². The highest BCUT2D eigenvalue weighted by Crippen LogP contribution is 2.39. The van der Waals surface area contributed by atoms with Crippen LogP contribution >= 0.6 is 0 Å². The number of ether oxygens (including phenoxy) is 2. The summed E-state index contributed by atoms with van der Waals surface area (Å²) in [6.07, 6.45) is 2.88. The average molecular weight is 525 g/mol. The maximum atomic E-state index is 14.6. The Morgan fingerprint density at radius 1 is 1.03 bits per heavy atom. The molecule has 9 heteroatoms. The molecule has 194 valence electrons. The van der Waals surface area contributed by atoms with Gasteiger partial charge in [-0.25, -0.2) is 17.6 Å². The third-order valence-corrected chi connectivity index (χ3v) is 7.57. The molecule has 0 radical (unpaired) electrons. The van der Waals surface area contributed by atoms with Crippen LogP contribution in [0.15, 0.2) is 65.5 Å². The van der Waals surface area contributed by atoms with Crippen LogP contribution in [0.5, 0.6) is 11.5 Å². The molecule has 7 nitrogen and oxygen atoms in total. The first-order chi connectivity index (χ1) is 17.7. The summed E-state index contributed by atoms with van der Waals surface area (Å²) in [6.45, 7) is 2.25. The monoisotopic (exact) mass is 524 g/mol. The van der Waals surface area contributed by atoms with Crippen molar-refractivity contribution in [1.82, 2.24) is 9.13 Å². The minimum absolute atomic E-state index is 0.0286. The van der Waals surface area contributed by atoms with Crippen LogP contribution in [0.25, 0.3) is 22.2 Å². The molecule has 0 unspecified atom stereocenters. The lowest BCUT2D eigenvalue weighted by atomic mass is 10.0. The van der Waals surface area contributed by atoms with Gasteiger partial charge in [0.25, 0.3) is 0 Å². The molecule has 0 saturated heterocycles. The summed E-state index contributed by atoms with van der Waals surface area (Å²) in [5.74, 6) is 0.370. The topological polar surface area (TPSA) is 79.5 Å². The maximum Gasteiger partial charge on any atom is 0.329 e. The van der Waals surface area contributed by atoms with E-state index >= 15 is 0 Å². The summed E-state index contributed by atoms with van der Waals surface area (Å²) in [4.78, 5) is 13.9. The first-order valence-electron chi connectivity index (χ1n) is 12.2. The highest BCUT2D eigenvalue weighted by molar-refractivity contribution is 7.90. The molecule has 0 N–H and O–H groups in total. The molecule has 1 saturated carbocycles. The van der Waals surface area contributed by atoms with Crippen LogP contribution < -0.4 is 15.2 Å². The molecule has 0 bridgehead atoms. The van der Waals surface area contributed by atoms with Gasteiger partial charge in [0, 0.05) is 17.9 Å². The fourth-order valence-electron chi connectivity index (χ4n) is 4.87. The summed E-state index contributed by atoms with van der Waals surface area (Å²) in [5.41, 5.74) is 2.68. The molecule has 3 aromatic carbocycles. The average Bonchev–Trinajstić information content (AvgIpc) is 3.65. The number of sulfone groups is 1. The maximum absolute atomic E-state index is 14.6. The van der Waals surface area contributed by atoms with Gasteiger partial charge in [-0.1, -0.05) is 30.3 Å². The fraction of sp³-hybridized carbons (Fsp3) is 0.321. The van der Waals surface area contributed by atoms with Crippen molar-refractivity contribution in [3.63, 3.8) is 0 Å². The smallest absolute Gasteiger partial charge is 0.329 e. The number of rotatable bonds is 9. The van der Waals surface area contributed by atoms with Crippen LogP contribution in [0, 0.1) is 5.82 Å². The zero-order valence-electron chi connectivity index (χ0n) is 21.0. The summed E-state index contributed by atoms with van der Waals surface area (Å²) in [7, 11) is -1.95. The molecule has 1 aliphatic rings. The Bertz CT molecular complexity index is 1640. The molecule has 1 aliphatic carbocycles. The summed E-state index contributed by atoms with van der Waals surface area (Å²) < 4.78 is 54.1. The molecule has 1 fully saturated rings. The van der Waals surface area contributed by atoms with E-state index in [1.165, 1.54) is 13.2 Å². The third-order valence-electron chi connectivity index (χ3n) is 6.65. The van der Waals surface area contributed by atoms with Gasteiger partial charge >= 0.3 is 5.69 Å². The van der Waals surface area contributed by atoms with Gasteiger partial charge < -0.3 is 9.47 Å². The predicted octanol–water partition coefficient (Wildman–Crippen LogP) is 4.99. The van der Waals surface area contributed by atoms with E-state index in [1.807, 2.05) is 13.0 Å². The van der Waals surface area contributed by atoms with Crippen molar-refractivity contribution in [2.45, 2.75) is 31.8 Å². The highest BCUT2D eigenvalue weighted by Gasteiger charge is 2.32. The van der Waals surface area contributed by atoms with Crippen LogP contribution in [-0.4, -0.2) is 43.3 Å². The molecule has 37 heavy (non-hydrogen) atoms. The van der Waals surface area contributed by atoms with E-state index in [0.29, 0.717) is 45.8 Å². The van der Waals surface area contributed by atoms with E-state index in [2.05, 4.69) is 0 Å². The van der Waals surface area contributed by atoms with Crippen molar-refractivity contribution in [2.24, 2.45) is 0 Å². The van der Waals surface area contributed by atoms with Crippen molar-refractivity contribution in [1.29, 1.82) is 0 Å². The molecule has 0 amide bonds. The number of imidazole rings is 1. The number of fused-ring (bicyclic) bond motifs is 1. The number of aromatic nitrogens is 2. The lowest BCUT2D eigenvalue weighted by Gasteiger charge is -2.20. The van der Waals surface area contributed by atoms with E-state index in [4.69, 9.17) is 9.47 Å². The Balaban J connectivity index is 1.75. The van der Waals surface area contributed by atoms with Crippen LogP contribution in [0.2, 0.25) is 0 Å². The molecule has 1 atom stereocenters. The SMILES string of the molecule is CCOc1cc([C@H](CS(C)(=O)=O)n2c(=O)n(C3CC3)c3cc(-c4ccccc4F)ccc32)ccc1OC. The Labute approximate surface area is 215 Å². The number of benzene rings is 3. The number of hydrogen-bond donors (Lipinski definition) is 0. The lowest BCUT2D eigenvalue weighted by Crippen LogP contribution is -2.31. The molecule has 0 aliphatic heterocycles. The lowest BCUT2D eigenvalue weighted by molar-refractivity contribution is 0.310. The van der Waals surface area contributed by atoms with Crippen molar-refractivity contribution in [3.8, 4) is 22.6 Å². The number of methoxy groups -OCH3 is 1. The van der Waals surface area contributed by atoms with E-state index < -0.39 is 15.9 Å². The number of hydrogen-bond acceptors (Lipinski definition) is 5. The molecular weight excluding hydrogens is 495 g/mol. The zero-order chi connectivity index (χ0) is 26.3. The van der Waals surface area contributed by atoms with Gasteiger partial charge in [0.2, 0.25) is 0 Å². The molecule has 4 aromatic rings. The zero-order valence-corrected chi connectivity index (χ0v) is 21.8. The second-order valence-electron chi connectivity index (χ2n) is 9.39. The van der Waals surface area contributed by atoms with E-state index in [1.54, 1.807) is 57.7 Å². The molecular formula is C28H29FN2O5S. The van der Waals surface area contributed by atoms with E-state index in [0.717, 1.165) is 19.1 Å². The fourth-order valence-corrected chi connectivity index (χ4v) is 5.78. The van der Waals surface area contributed by atoms with Gasteiger partial charge in [-0.15, -0.1) is 0 Å². The van der Waals surface area contributed by atoms with Crippen LogP contribution in [0.1, 0.15) is 37.4 Å². The van der Waals surface area contributed by atoms with Gasteiger partial charge in [0.1, 0.15) is 15.7 Å². The summed E-state index contributed by atoms with van der Waals surface area (Å²) >= 11 is 0. The normalized spacial score (nSPS) is 14.6. The van der Waals surface area contributed by atoms with Crippen molar-refractivity contribution >= 4 is 20.9 Å². The summed E-state index contributed by atoms with van der Waals surface area (Å²) in [5, 5.41) is 0. The van der Waals surface area contributed by atoms with E-state index in [9.17, 15) is 17.6 Å². The molecule has 0 spiro atoms. The Hall–Kier alpha value is -3.59. The third kappa shape index (κ3) is 4.87. The highest BCUT2D eigenvalue weighted by atomic mass is 32.2. The standard InChI is InChI=1S/C28H29FN2O5S/c1-4-36-27-16-19(10-14-26(27)35-2)25(17-37(3,33)34)31-23-13-9-18(21-7-5-6-8-22(21)29)15-24(23)30(28(31)32)20-11-12-20/h5-10,13-16,20,25H,4,11-12,17H2,1-3H3/t25-/m0/s1. The van der Waals surface area contributed by atoms with Gasteiger partial charge in [-0.3, -0.25) is 9.13 Å². The second kappa shape index (κ2) is 9.70. The van der Waals surface area contributed by atoms with E-state index in [-0.39, 0.29) is 23.3 Å². The molecule has 1 heterocycles. The predicted molar refractivity (Wildman–Crippen MR) is 142 cm³/mol. The largest absolute Gasteiger partial charge is 0.493 e. The Morgan fingerprint density at radius 2 is 1.78 bits per heavy atom. The van der Waals surface area contributed by atoms with Crippen LogP contribution in [0.4, 0.5) is 4.39 Å². The number of halogens is 1. The minimum Gasteiger partial charge on any atom is -0.493 e. The Kier molecular flexibility index (Phi) is 6.58. The first-order valence-corrected chi connectivity index (χ1v) is 14.3. The quantitative estimate of drug-likeness (QED) is 0.308. The van der Waals surface area contributed by atoms with Crippen molar-refractivity contribution in [2.75, 3.05) is 25.7 Å². The molecule has 1 aromatic heterocycles. The van der Waals surface area contributed by atoms with Crippen molar-refractivity contribution < 1.29 is 22.3 Å². The summed E-state index contributed by atoms with van der Waals surface area (Å²) in [6, 6.07) is 16.3. The van der Waals surface area contributed by atoms with Gasteiger partial charge in [0.05, 0.1) is 36.5 Å². The van der Waals surface area contributed by atoms with Gasteiger partial charge in [-0.2, -0.15) is 0 Å². The first kappa shape index (κ1) is 25.1. The van der Waals surface area contributed by atoms with Crippen LogP contribution in [0.3, 0.4) is 0 Å². The van der Waals surface area contributed by atoms with Gasteiger partial charge in [-0.05, 0) is 61.2 Å². The van der Waals surface area contributed by atoms with Crippen molar-refractivity contribution in [3.05, 3.63) is 82.5 Å².